The molecular weight excluding hydrogens is 422 g/mol. The van der Waals surface area contributed by atoms with E-state index in [1.165, 1.54) is 5.39 Å². The minimum absolute atomic E-state index is 0.0000481. The zero-order chi connectivity index (χ0) is 22.5. The molecule has 1 N–H and O–H groups in total. The number of amides is 2. The van der Waals surface area contributed by atoms with Gasteiger partial charge in [0.15, 0.2) is 0 Å². The molecule has 1 saturated heterocycles. The molecule has 32 heavy (non-hydrogen) atoms. The molecule has 6 heteroatoms. The number of carbonyl (C=O) groups is 2. The third kappa shape index (κ3) is 5.29. The summed E-state index contributed by atoms with van der Waals surface area (Å²) in [4.78, 5) is 29.6. The summed E-state index contributed by atoms with van der Waals surface area (Å²) < 4.78 is 0. The van der Waals surface area contributed by atoms with Crippen molar-refractivity contribution in [2.24, 2.45) is 0 Å². The normalized spacial score (nSPS) is 15.9. The van der Waals surface area contributed by atoms with Crippen LogP contribution in [0.4, 0.5) is 0 Å². The van der Waals surface area contributed by atoms with E-state index in [1.54, 1.807) is 24.3 Å². The van der Waals surface area contributed by atoms with Crippen LogP contribution in [0.2, 0.25) is 5.02 Å². The second-order valence-electron chi connectivity index (χ2n) is 8.29. The molecule has 1 aliphatic heterocycles. The maximum atomic E-state index is 12.8. The summed E-state index contributed by atoms with van der Waals surface area (Å²) in [6.45, 7) is 5.08. The number of hydrogen-bond donors (Lipinski definition) is 1. The van der Waals surface area contributed by atoms with Crippen molar-refractivity contribution in [1.82, 2.24) is 15.1 Å². The smallest absolute Gasteiger partial charge is 0.253 e. The van der Waals surface area contributed by atoms with E-state index in [4.69, 9.17) is 11.6 Å². The number of halogens is 1. The van der Waals surface area contributed by atoms with Gasteiger partial charge in [-0.05, 0) is 47.9 Å². The molecule has 3 aromatic rings. The van der Waals surface area contributed by atoms with Crippen molar-refractivity contribution in [3.8, 4) is 0 Å². The first-order chi connectivity index (χ1) is 15.5. The molecule has 0 aromatic heterocycles. The predicted octanol–water partition coefficient (Wildman–Crippen LogP) is 4.52. The molecular formula is C26H28ClN3O2. The molecule has 1 heterocycles. The molecule has 4 rings (SSSR count). The van der Waals surface area contributed by atoms with Crippen LogP contribution in [0.15, 0.2) is 66.7 Å². The fourth-order valence-electron chi connectivity index (χ4n) is 4.33. The summed E-state index contributed by atoms with van der Waals surface area (Å²) in [7, 11) is 0. The van der Waals surface area contributed by atoms with Gasteiger partial charge in [-0.25, -0.2) is 0 Å². The molecule has 1 atom stereocenters. The zero-order valence-electron chi connectivity index (χ0n) is 18.3. The first-order valence-electron chi connectivity index (χ1n) is 11.1. The minimum atomic E-state index is -0.0820. The first kappa shape index (κ1) is 22.3. The summed E-state index contributed by atoms with van der Waals surface area (Å²) in [6.07, 6.45) is 0.832. The van der Waals surface area contributed by atoms with Crippen LogP contribution in [0, 0.1) is 0 Å². The first-order valence-corrected chi connectivity index (χ1v) is 11.4. The van der Waals surface area contributed by atoms with Crippen molar-refractivity contribution in [2.75, 3.05) is 32.7 Å². The second-order valence-corrected chi connectivity index (χ2v) is 8.73. The second kappa shape index (κ2) is 10.2. The maximum Gasteiger partial charge on any atom is 0.253 e. The van der Waals surface area contributed by atoms with Gasteiger partial charge in [-0.15, -0.1) is 0 Å². The van der Waals surface area contributed by atoms with E-state index in [9.17, 15) is 9.59 Å². The lowest BCUT2D eigenvalue weighted by molar-refractivity contribution is -0.122. The van der Waals surface area contributed by atoms with Gasteiger partial charge in [0, 0.05) is 36.8 Å². The Hall–Kier alpha value is -2.89. The van der Waals surface area contributed by atoms with Gasteiger partial charge in [0.05, 0.1) is 12.6 Å². The van der Waals surface area contributed by atoms with E-state index in [2.05, 4.69) is 34.5 Å². The van der Waals surface area contributed by atoms with Crippen molar-refractivity contribution < 1.29 is 9.59 Å². The lowest BCUT2D eigenvalue weighted by Gasteiger charge is -2.23. The van der Waals surface area contributed by atoms with Crippen molar-refractivity contribution in [2.45, 2.75) is 19.4 Å². The van der Waals surface area contributed by atoms with Gasteiger partial charge in [-0.3, -0.25) is 14.5 Å². The maximum absolute atomic E-state index is 12.8. The Bertz CT molecular complexity index is 1110. The van der Waals surface area contributed by atoms with Crippen molar-refractivity contribution in [3.05, 3.63) is 82.9 Å². The summed E-state index contributed by atoms with van der Waals surface area (Å²) in [5, 5.41) is 6.04. The largest absolute Gasteiger partial charge is 0.348 e. The van der Waals surface area contributed by atoms with Crippen LogP contribution in [-0.2, 0) is 4.79 Å². The Balaban J connectivity index is 1.33. The van der Waals surface area contributed by atoms with Crippen LogP contribution in [0.5, 0.6) is 0 Å². The number of hydrogen-bond acceptors (Lipinski definition) is 3. The van der Waals surface area contributed by atoms with Gasteiger partial charge in [0.1, 0.15) is 0 Å². The van der Waals surface area contributed by atoms with Gasteiger partial charge < -0.3 is 10.2 Å². The van der Waals surface area contributed by atoms with E-state index < -0.39 is 0 Å². The van der Waals surface area contributed by atoms with E-state index in [0.29, 0.717) is 36.8 Å². The number of nitrogens with zero attached hydrogens (tertiary/aromatic N) is 2. The van der Waals surface area contributed by atoms with Crippen LogP contribution < -0.4 is 5.32 Å². The fraction of sp³-hybridized carbons (Fsp3) is 0.308. The van der Waals surface area contributed by atoms with Crippen LogP contribution in [0.3, 0.4) is 0 Å². The Morgan fingerprint density at radius 1 is 0.969 bits per heavy atom. The molecule has 0 radical (unpaired) electrons. The Labute approximate surface area is 194 Å². The van der Waals surface area contributed by atoms with E-state index >= 15 is 0 Å². The number of benzene rings is 3. The van der Waals surface area contributed by atoms with Gasteiger partial charge in [-0.1, -0.05) is 60.1 Å². The number of rotatable bonds is 5. The average Bonchev–Trinajstić information content (AvgIpc) is 3.03. The number of carbonyl (C=O) groups excluding carboxylic acids is 2. The molecule has 5 nitrogen and oxygen atoms in total. The Morgan fingerprint density at radius 2 is 1.75 bits per heavy atom. The van der Waals surface area contributed by atoms with Crippen molar-refractivity contribution in [3.63, 3.8) is 0 Å². The van der Waals surface area contributed by atoms with Crippen LogP contribution in [0.1, 0.15) is 35.3 Å². The van der Waals surface area contributed by atoms with E-state index in [0.717, 1.165) is 23.9 Å². The highest BCUT2D eigenvalue weighted by molar-refractivity contribution is 6.30. The molecule has 0 aliphatic carbocycles. The standard InChI is InChI=1S/C26H28ClN3O2/c1-19(23-12-5-8-20-7-2-3-11-24(20)23)28-25(31)18-29-13-6-14-30(16-15-29)26(32)21-9-4-10-22(27)17-21/h2-5,7-12,17,19H,6,13-16,18H2,1H3,(H,28,31). The van der Waals surface area contributed by atoms with Crippen molar-refractivity contribution >= 4 is 34.2 Å². The number of nitrogens with one attached hydrogen (secondary N) is 1. The van der Waals surface area contributed by atoms with E-state index in [-0.39, 0.29) is 17.9 Å². The van der Waals surface area contributed by atoms with Gasteiger partial charge in [-0.2, -0.15) is 0 Å². The molecule has 1 fully saturated rings. The average molecular weight is 450 g/mol. The molecule has 166 valence electrons. The molecule has 3 aromatic carbocycles. The SMILES string of the molecule is CC(NC(=O)CN1CCCN(C(=O)c2cccc(Cl)c2)CC1)c1cccc2ccccc12. The van der Waals surface area contributed by atoms with Crippen LogP contribution in [-0.4, -0.2) is 54.3 Å². The minimum Gasteiger partial charge on any atom is -0.348 e. The third-order valence-electron chi connectivity index (χ3n) is 5.98. The topological polar surface area (TPSA) is 52.7 Å². The highest BCUT2D eigenvalue weighted by atomic mass is 35.5. The fourth-order valence-corrected chi connectivity index (χ4v) is 4.52. The lowest BCUT2D eigenvalue weighted by atomic mass is 10.00. The highest BCUT2D eigenvalue weighted by Crippen LogP contribution is 2.24. The van der Waals surface area contributed by atoms with Crippen LogP contribution >= 0.6 is 11.6 Å². The summed E-state index contributed by atoms with van der Waals surface area (Å²) in [5.41, 5.74) is 1.72. The predicted molar refractivity (Wildman–Crippen MR) is 129 cm³/mol. The molecule has 1 unspecified atom stereocenters. The Kier molecular flexibility index (Phi) is 7.08. The highest BCUT2D eigenvalue weighted by Gasteiger charge is 2.22. The molecule has 0 saturated carbocycles. The van der Waals surface area contributed by atoms with E-state index in [1.807, 2.05) is 30.0 Å². The van der Waals surface area contributed by atoms with Gasteiger partial charge in [0.2, 0.25) is 5.91 Å². The van der Waals surface area contributed by atoms with Gasteiger partial charge in [0.25, 0.3) is 5.91 Å². The Morgan fingerprint density at radius 3 is 2.59 bits per heavy atom. The quantitative estimate of drug-likeness (QED) is 0.623. The zero-order valence-corrected chi connectivity index (χ0v) is 19.0. The molecule has 0 spiro atoms. The lowest BCUT2D eigenvalue weighted by Crippen LogP contribution is -2.40. The molecule has 2 amide bonds. The molecule has 0 bridgehead atoms. The summed E-state index contributed by atoms with van der Waals surface area (Å²) >= 11 is 6.04. The summed E-state index contributed by atoms with van der Waals surface area (Å²) in [6, 6.07) is 21.4. The third-order valence-corrected chi connectivity index (χ3v) is 6.22. The van der Waals surface area contributed by atoms with Gasteiger partial charge >= 0.3 is 0 Å². The monoisotopic (exact) mass is 449 g/mol. The van der Waals surface area contributed by atoms with Crippen molar-refractivity contribution in [1.29, 1.82) is 0 Å². The van der Waals surface area contributed by atoms with Crippen LogP contribution in [0.25, 0.3) is 10.8 Å². The number of fused-ring (bicyclic) bond motifs is 1. The molecule has 1 aliphatic rings. The summed E-state index contributed by atoms with van der Waals surface area (Å²) in [5.74, 6) is -0.0107.